The number of hydrogen-bond donors (Lipinski definition) is 1. The van der Waals surface area contributed by atoms with E-state index in [1.54, 1.807) is 24.0 Å². The summed E-state index contributed by atoms with van der Waals surface area (Å²) in [5.41, 5.74) is 3.83. The van der Waals surface area contributed by atoms with Crippen molar-refractivity contribution in [2.45, 2.75) is 37.1 Å². The van der Waals surface area contributed by atoms with E-state index in [1.165, 1.54) is 23.9 Å². The minimum absolute atomic E-state index is 0.115. The summed E-state index contributed by atoms with van der Waals surface area (Å²) in [6.07, 6.45) is 0. The lowest BCUT2D eigenvalue weighted by Gasteiger charge is -2.35. The summed E-state index contributed by atoms with van der Waals surface area (Å²) >= 11 is 1.43. The van der Waals surface area contributed by atoms with Gasteiger partial charge in [0, 0.05) is 11.4 Å². The van der Waals surface area contributed by atoms with Crippen LogP contribution in [0.25, 0.3) is 0 Å². The van der Waals surface area contributed by atoms with Gasteiger partial charge in [0.15, 0.2) is 0 Å². The molecule has 3 aromatic carbocycles. The normalized spacial score (nSPS) is 16.4. The maximum absolute atomic E-state index is 13.5. The summed E-state index contributed by atoms with van der Waals surface area (Å²) in [5, 5.41) is 2.43. The first kappa shape index (κ1) is 22.1. The van der Waals surface area contributed by atoms with Crippen molar-refractivity contribution in [2.24, 2.45) is 5.92 Å². The lowest BCUT2D eigenvalue weighted by Crippen LogP contribution is -2.47. The summed E-state index contributed by atoms with van der Waals surface area (Å²) < 4.78 is 13.3. The fourth-order valence-electron chi connectivity index (χ4n) is 3.68. The molecule has 1 aliphatic heterocycles. The fraction of sp³-hybridized carbons (Fsp3) is 0.231. The van der Waals surface area contributed by atoms with Crippen molar-refractivity contribution in [3.63, 3.8) is 0 Å². The largest absolute Gasteiger partial charge is 0.352 e. The average Bonchev–Trinajstić information content (AvgIpc) is 2.81. The van der Waals surface area contributed by atoms with E-state index in [-0.39, 0.29) is 17.6 Å². The predicted octanol–water partition coefficient (Wildman–Crippen LogP) is 5.09. The topological polar surface area (TPSA) is 49.4 Å². The zero-order valence-corrected chi connectivity index (χ0v) is 18.9. The second kappa shape index (κ2) is 9.57. The first-order valence-electron chi connectivity index (χ1n) is 10.6. The fourth-order valence-corrected chi connectivity index (χ4v) is 4.97. The number of rotatable bonds is 6. The maximum Gasteiger partial charge on any atom is 0.241 e. The monoisotopic (exact) mass is 448 g/mol. The van der Waals surface area contributed by atoms with Gasteiger partial charge in [0.1, 0.15) is 11.1 Å². The molecule has 0 bridgehead atoms. The number of carbonyl (C=O) groups is 2. The van der Waals surface area contributed by atoms with Gasteiger partial charge >= 0.3 is 0 Å². The highest BCUT2D eigenvalue weighted by atomic mass is 32.2. The van der Waals surface area contributed by atoms with Crippen molar-refractivity contribution in [1.82, 2.24) is 5.32 Å². The van der Waals surface area contributed by atoms with Gasteiger partial charge in [-0.3, -0.25) is 9.59 Å². The Hall–Kier alpha value is -3.12. The Morgan fingerprint density at radius 3 is 2.41 bits per heavy atom. The van der Waals surface area contributed by atoms with Crippen molar-refractivity contribution in [3.8, 4) is 0 Å². The van der Waals surface area contributed by atoms with Gasteiger partial charge < -0.3 is 10.2 Å². The number of para-hydroxylation sites is 1. The van der Waals surface area contributed by atoms with Gasteiger partial charge in [-0.1, -0.05) is 61.0 Å². The molecule has 2 amide bonds. The van der Waals surface area contributed by atoms with E-state index >= 15 is 0 Å². The minimum atomic E-state index is -0.539. The Labute approximate surface area is 191 Å². The van der Waals surface area contributed by atoms with Gasteiger partial charge in [0.05, 0.1) is 18.2 Å². The number of fused-ring (bicyclic) bond motifs is 1. The molecule has 0 aliphatic carbocycles. The van der Waals surface area contributed by atoms with Crippen LogP contribution in [0.3, 0.4) is 0 Å². The van der Waals surface area contributed by atoms with Crippen molar-refractivity contribution in [1.29, 1.82) is 0 Å². The number of benzene rings is 3. The second-order valence-corrected chi connectivity index (χ2v) is 9.23. The molecule has 4 rings (SSSR count). The third kappa shape index (κ3) is 4.86. The summed E-state index contributed by atoms with van der Waals surface area (Å²) in [4.78, 5) is 29.0. The molecule has 3 aromatic rings. The predicted molar refractivity (Wildman–Crippen MR) is 126 cm³/mol. The van der Waals surface area contributed by atoms with Crippen LogP contribution in [0.2, 0.25) is 0 Å². The van der Waals surface area contributed by atoms with Gasteiger partial charge in [-0.05, 0) is 42.3 Å². The molecule has 0 radical (unpaired) electrons. The van der Waals surface area contributed by atoms with Crippen molar-refractivity contribution < 1.29 is 14.0 Å². The van der Waals surface area contributed by atoms with Gasteiger partial charge in [-0.15, -0.1) is 11.8 Å². The highest BCUT2D eigenvalue weighted by molar-refractivity contribution is 8.01. The average molecular weight is 449 g/mol. The molecule has 0 spiro atoms. The van der Waals surface area contributed by atoms with Gasteiger partial charge in [0.2, 0.25) is 11.8 Å². The summed E-state index contributed by atoms with van der Waals surface area (Å²) in [6.45, 7) is 4.56. The number of nitrogens with one attached hydrogen (secondary N) is 1. The molecule has 1 aliphatic rings. The molecule has 32 heavy (non-hydrogen) atoms. The molecule has 4 nitrogen and oxygen atoms in total. The van der Waals surface area contributed by atoms with E-state index in [9.17, 15) is 14.0 Å². The van der Waals surface area contributed by atoms with Crippen molar-refractivity contribution >= 4 is 29.3 Å². The molecule has 164 valence electrons. The Balaban J connectivity index is 1.51. The SMILES string of the molecule is Cc1ccc(CNC(=O)[C@@H](C)[C@@H]2Sc3ccccc3N(Cc3ccc(F)cc3)C2=O)cc1. The number of thioether (sulfide) groups is 1. The molecule has 0 saturated carbocycles. The lowest BCUT2D eigenvalue weighted by atomic mass is 10.0. The van der Waals surface area contributed by atoms with Crippen LogP contribution in [-0.2, 0) is 22.7 Å². The van der Waals surface area contributed by atoms with Gasteiger partial charge in [-0.2, -0.15) is 0 Å². The quantitative estimate of drug-likeness (QED) is 0.571. The van der Waals surface area contributed by atoms with Crippen LogP contribution in [0.1, 0.15) is 23.6 Å². The van der Waals surface area contributed by atoms with E-state index in [0.717, 1.165) is 27.3 Å². The molecule has 1 heterocycles. The third-order valence-electron chi connectivity index (χ3n) is 5.63. The molecule has 1 N–H and O–H groups in total. The van der Waals surface area contributed by atoms with Crippen LogP contribution >= 0.6 is 11.8 Å². The molecular formula is C26H25FN2O2S. The highest BCUT2D eigenvalue weighted by Crippen LogP contribution is 2.42. The number of aryl methyl sites for hydroxylation is 1. The van der Waals surface area contributed by atoms with Crippen LogP contribution in [0.15, 0.2) is 77.7 Å². The summed E-state index contributed by atoms with van der Waals surface area (Å²) in [5.74, 6) is -1.10. The smallest absolute Gasteiger partial charge is 0.241 e. The second-order valence-electron chi connectivity index (χ2n) is 8.05. The Morgan fingerprint density at radius 1 is 1.03 bits per heavy atom. The van der Waals surface area contributed by atoms with Gasteiger partial charge in [-0.25, -0.2) is 4.39 Å². The molecule has 6 heteroatoms. The van der Waals surface area contributed by atoms with Crippen LogP contribution in [0, 0.1) is 18.7 Å². The number of amides is 2. The lowest BCUT2D eigenvalue weighted by molar-refractivity contribution is -0.128. The number of nitrogens with zero attached hydrogens (tertiary/aromatic N) is 1. The van der Waals surface area contributed by atoms with E-state index in [1.807, 2.05) is 55.5 Å². The zero-order valence-electron chi connectivity index (χ0n) is 18.0. The Kier molecular flexibility index (Phi) is 6.61. The summed E-state index contributed by atoms with van der Waals surface area (Å²) in [6, 6.07) is 21.8. The molecular weight excluding hydrogens is 423 g/mol. The molecule has 0 unspecified atom stereocenters. The van der Waals surface area contributed by atoms with E-state index < -0.39 is 11.2 Å². The van der Waals surface area contributed by atoms with Crippen LogP contribution in [0.5, 0.6) is 0 Å². The first-order chi connectivity index (χ1) is 15.4. The molecule has 2 atom stereocenters. The number of anilines is 1. The minimum Gasteiger partial charge on any atom is -0.352 e. The summed E-state index contributed by atoms with van der Waals surface area (Å²) in [7, 11) is 0. The van der Waals surface area contributed by atoms with Crippen molar-refractivity contribution in [2.75, 3.05) is 4.90 Å². The van der Waals surface area contributed by atoms with E-state index in [0.29, 0.717) is 13.1 Å². The van der Waals surface area contributed by atoms with Crippen molar-refractivity contribution in [3.05, 3.63) is 95.3 Å². The molecule has 0 saturated heterocycles. The Bertz CT molecular complexity index is 1120. The molecule has 0 aromatic heterocycles. The molecule has 0 fully saturated rings. The van der Waals surface area contributed by atoms with Crippen LogP contribution in [-0.4, -0.2) is 17.1 Å². The Morgan fingerprint density at radius 2 is 1.69 bits per heavy atom. The third-order valence-corrected chi connectivity index (χ3v) is 7.09. The van der Waals surface area contributed by atoms with Gasteiger partial charge in [0.25, 0.3) is 0 Å². The zero-order chi connectivity index (χ0) is 22.7. The van der Waals surface area contributed by atoms with E-state index in [4.69, 9.17) is 0 Å². The van der Waals surface area contributed by atoms with Crippen LogP contribution < -0.4 is 10.2 Å². The standard InChI is InChI=1S/C26H25FN2O2S/c1-17-7-9-19(10-8-17)15-28-25(30)18(2)24-26(31)29(16-20-11-13-21(27)14-12-20)22-5-3-4-6-23(22)32-24/h3-14,18,24H,15-16H2,1-2H3,(H,28,30)/t18-,24-/m0/s1. The van der Waals surface area contributed by atoms with E-state index in [2.05, 4.69) is 5.32 Å². The highest BCUT2D eigenvalue weighted by Gasteiger charge is 2.39. The first-order valence-corrected chi connectivity index (χ1v) is 11.4. The number of carbonyl (C=O) groups excluding carboxylic acids is 2. The number of halogens is 1. The van der Waals surface area contributed by atoms with Crippen LogP contribution in [0.4, 0.5) is 10.1 Å². The number of hydrogen-bond acceptors (Lipinski definition) is 3. The maximum atomic E-state index is 13.5.